The number of halogens is 1. The molecule has 0 aromatic heterocycles. The van der Waals surface area contributed by atoms with E-state index < -0.39 is 0 Å². The molecule has 2 heteroatoms. The molecule has 0 saturated heterocycles. The van der Waals surface area contributed by atoms with Gasteiger partial charge in [-0.1, -0.05) is 28.1 Å². The van der Waals surface area contributed by atoms with Gasteiger partial charge < -0.3 is 5.32 Å². The van der Waals surface area contributed by atoms with Crippen molar-refractivity contribution in [3.63, 3.8) is 0 Å². The Morgan fingerprint density at radius 1 is 1.12 bits per heavy atom. The molecule has 1 nitrogen and oxygen atoms in total. The first-order valence-electron chi connectivity index (χ1n) is 6.30. The topological polar surface area (TPSA) is 12.0 Å². The molecule has 1 aromatic rings. The minimum atomic E-state index is 0.786. The molecule has 2 saturated carbocycles. The van der Waals surface area contributed by atoms with Gasteiger partial charge in [-0.25, -0.2) is 0 Å². The zero-order valence-electron chi connectivity index (χ0n) is 9.45. The molecule has 0 aliphatic heterocycles. The van der Waals surface area contributed by atoms with E-state index in [0.717, 1.165) is 17.9 Å². The van der Waals surface area contributed by atoms with E-state index in [9.17, 15) is 0 Å². The van der Waals surface area contributed by atoms with Gasteiger partial charge in [0.15, 0.2) is 0 Å². The fourth-order valence-corrected chi connectivity index (χ4v) is 2.71. The van der Waals surface area contributed by atoms with Gasteiger partial charge in [0.1, 0.15) is 0 Å². The van der Waals surface area contributed by atoms with Crippen molar-refractivity contribution in [1.29, 1.82) is 0 Å². The zero-order chi connectivity index (χ0) is 11.0. The molecule has 16 heavy (non-hydrogen) atoms. The highest BCUT2D eigenvalue weighted by molar-refractivity contribution is 9.10. The van der Waals surface area contributed by atoms with Gasteiger partial charge >= 0.3 is 0 Å². The van der Waals surface area contributed by atoms with Gasteiger partial charge in [0.2, 0.25) is 0 Å². The highest BCUT2D eigenvalue weighted by Gasteiger charge is 2.31. The fourth-order valence-electron chi connectivity index (χ4n) is 2.45. The van der Waals surface area contributed by atoms with Crippen molar-refractivity contribution >= 4 is 15.9 Å². The Hall–Kier alpha value is -0.340. The van der Waals surface area contributed by atoms with Crippen molar-refractivity contribution in [1.82, 2.24) is 5.32 Å². The van der Waals surface area contributed by atoms with Crippen LogP contribution < -0.4 is 5.32 Å². The Bertz CT molecular complexity index is 350. The number of rotatable bonds is 4. The minimum absolute atomic E-state index is 0.786. The van der Waals surface area contributed by atoms with Crippen LogP contribution in [0.5, 0.6) is 0 Å². The summed E-state index contributed by atoms with van der Waals surface area (Å²) in [6.45, 7) is 1.26. The lowest BCUT2D eigenvalue weighted by Crippen LogP contribution is -2.40. The third-order valence-corrected chi connectivity index (χ3v) is 4.40. The molecule has 0 heterocycles. The van der Waals surface area contributed by atoms with Crippen LogP contribution in [0, 0.1) is 5.92 Å². The van der Waals surface area contributed by atoms with Crippen LogP contribution in [0.3, 0.4) is 0 Å². The number of nitrogens with one attached hydrogen (secondary N) is 1. The van der Waals surface area contributed by atoms with E-state index in [0.29, 0.717) is 0 Å². The third kappa shape index (κ3) is 2.49. The summed E-state index contributed by atoms with van der Waals surface area (Å²) in [4.78, 5) is 0. The lowest BCUT2D eigenvalue weighted by Gasteiger charge is -2.36. The average molecular weight is 280 g/mol. The van der Waals surface area contributed by atoms with Gasteiger partial charge in [-0.15, -0.1) is 0 Å². The summed E-state index contributed by atoms with van der Waals surface area (Å²) in [5, 5.41) is 3.68. The molecule has 86 valence electrons. The molecule has 0 unspecified atom stereocenters. The van der Waals surface area contributed by atoms with Crippen LogP contribution in [-0.2, 0) is 0 Å². The standard InChI is InChI=1S/C14H18BrN/c15-13-5-3-11(4-6-13)12-7-14(8-12)16-9-10-1-2-10/h3-6,10,12,14,16H,1-2,7-9H2. The van der Waals surface area contributed by atoms with Gasteiger partial charge in [0.25, 0.3) is 0 Å². The predicted molar refractivity (Wildman–Crippen MR) is 70.6 cm³/mol. The first-order valence-corrected chi connectivity index (χ1v) is 7.09. The smallest absolute Gasteiger partial charge is 0.0175 e. The summed E-state index contributed by atoms with van der Waals surface area (Å²) in [5.74, 6) is 1.80. The van der Waals surface area contributed by atoms with Crippen molar-refractivity contribution in [2.75, 3.05) is 6.54 Å². The van der Waals surface area contributed by atoms with Crippen LogP contribution in [-0.4, -0.2) is 12.6 Å². The molecule has 2 aliphatic rings. The molecule has 0 bridgehead atoms. The van der Waals surface area contributed by atoms with Gasteiger partial charge in [-0.05, 0) is 61.8 Å². The third-order valence-electron chi connectivity index (χ3n) is 3.87. The highest BCUT2D eigenvalue weighted by Crippen LogP contribution is 2.38. The molecule has 0 radical (unpaired) electrons. The quantitative estimate of drug-likeness (QED) is 0.886. The van der Waals surface area contributed by atoms with Crippen LogP contribution in [0.2, 0.25) is 0 Å². The van der Waals surface area contributed by atoms with E-state index in [1.54, 1.807) is 0 Å². The Morgan fingerprint density at radius 2 is 1.81 bits per heavy atom. The summed E-state index contributed by atoms with van der Waals surface area (Å²) in [6.07, 6.45) is 5.56. The average Bonchev–Trinajstić information content (AvgIpc) is 3.02. The molecule has 0 atom stereocenters. The molecule has 1 N–H and O–H groups in total. The molecular weight excluding hydrogens is 262 g/mol. The molecule has 2 fully saturated rings. The molecule has 1 aromatic carbocycles. The van der Waals surface area contributed by atoms with Crippen LogP contribution in [0.1, 0.15) is 37.2 Å². The van der Waals surface area contributed by atoms with E-state index >= 15 is 0 Å². The number of hydrogen-bond donors (Lipinski definition) is 1. The first-order chi connectivity index (χ1) is 7.81. The summed E-state index contributed by atoms with van der Waals surface area (Å²) < 4.78 is 1.18. The second kappa shape index (κ2) is 4.50. The van der Waals surface area contributed by atoms with Crippen molar-refractivity contribution in [2.24, 2.45) is 5.92 Å². The van der Waals surface area contributed by atoms with Gasteiger partial charge in [0, 0.05) is 10.5 Å². The molecule has 3 rings (SSSR count). The fraction of sp³-hybridized carbons (Fsp3) is 0.571. The Morgan fingerprint density at radius 3 is 2.44 bits per heavy atom. The van der Waals surface area contributed by atoms with Crippen LogP contribution >= 0.6 is 15.9 Å². The largest absolute Gasteiger partial charge is 0.314 e. The predicted octanol–water partition coefficient (Wildman–Crippen LogP) is 3.69. The Balaban J connectivity index is 1.46. The van der Waals surface area contributed by atoms with Crippen LogP contribution in [0.25, 0.3) is 0 Å². The SMILES string of the molecule is Brc1ccc(C2CC(NCC3CC3)C2)cc1. The second-order valence-corrected chi connectivity index (χ2v) is 6.18. The van der Waals surface area contributed by atoms with Crippen LogP contribution in [0.15, 0.2) is 28.7 Å². The maximum absolute atomic E-state index is 3.68. The van der Waals surface area contributed by atoms with E-state index in [-0.39, 0.29) is 0 Å². The maximum Gasteiger partial charge on any atom is 0.0175 e. The van der Waals surface area contributed by atoms with Crippen molar-refractivity contribution < 1.29 is 0 Å². The van der Waals surface area contributed by atoms with Gasteiger partial charge in [-0.3, -0.25) is 0 Å². The molecular formula is C14H18BrN. The zero-order valence-corrected chi connectivity index (χ0v) is 11.0. The summed E-state index contributed by atoms with van der Waals surface area (Å²) in [6, 6.07) is 9.60. The second-order valence-electron chi connectivity index (χ2n) is 5.27. The van der Waals surface area contributed by atoms with E-state index in [4.69, 9.17) is 0 Å². The highest BCUT2D eigenvalue weighted by atomic mass is 79.9. The summed E-state index contributed by atoms with van der Waals surface area (Å²) in [5.41, 5.74) is 1.51. The van der Waals surface area contributed by atoms with Crippen LogP contribution in [0.4, 0.5) is 0 Å². The van der Waals surface area contributed by atoms with Gasteiger partial charge in [-0.2, -0.15) is 0 Å². The molecule has 0 spiro atoms. The number of benzene rings is 1. The monoisotopic (exact) mass is 279 g/mol. The van der Waals surface area contributed by atoms with E-state index in [1.165, 1.54) is 42.3 Å². The normalized spacial score (nSPS) is 28.8. The summed E-state index contributed by atoms with van der Waals surface area (Å²) in [7, 11) is 0. The summed E-state index contributed by atoms with van der Waals surface area (Å²) >= 11 is 3.48. The lowest BCUT2D eigenvalue weighted by atomic mass is 9.76. The van der Waals surface area contributed by atoms with Crippen molar-refractivity contribution in [3.8, 4) is 0 Å². The van der Waals surface area contributed by atoms with E-state index in [2.05, 4.69) is 45.5 Å². The van der Waals surface area contributed by atoms with Crippen molar-refractivity contribution in [2.45, 2.75) is 37.6 Å². The molecule has 0 amide bonds. The maximum atomic E-state index is 3.68. The first kappa shape index (κ1) is 10.8. The van der Waals surface area contributed by atoms with Crippen molar-refractivity contribution in [3.05, 3.63) is 34.3 Å². The lowest BCUT2D eigenvalue weighted by molar-refractivity contribution is 0.288. The minimum Gasteiger partial charge on any atom is -0.314 e. The molecule has 2 aliphatic carbocycles. The Labute approximate surface area is 106 Å². The Kier molecular flexibility index (Phi) is 3.03. The van der Waals surface area contributed by atoms with E-state index in [1.807, 2.05) is 0 Å². The number of hydrogen-bond acceptors (Lipinski definition) is 1. The van der Waals surface area contributed by atoms with Gasteiger partial charge in [0.05, 0.1) is 0 Å².